The summed E-state index contributed by atoms with van der Waals surface area (Å²) in [5.74, 6) is -0.598. The number of nitrogens with zero attached hydrogens (tertiary/aromatic N) is 2. The molecule has 1 aromatic heterocycles. The number of rotatable bonds is 3. The van der Waals surface area contributed by atoms with E-state index in [1.807, 2.05) is 24.3 Å². The quantitative estimate of drug-likeness (QED) is 0.300. The van der Waals surface area contributed by atoms with Crippen molar-refractivity contribution in [2.24, 2.45) is 10.9 Å². The van der Waals surface area contributed by atoms with Crippen LogP contribution in [-0.4, -0.2) is 21.0 Å². The molecule has 106 valence electrons. The van der Waals surface area contributed by atoms with Crippen molar-refractivity contribution in [3.05, 3.63) is 53.8 Å². The molecule has 1 heterocycles. The molecule has 0 amide bonds. The van der Waals surface area contributed by atoms with Gasteiger partial charge in [0.25, 0.3) is 0 Å². The number of fused-ring (bicyclic) bond motifs is 1. The second-order valence-electron chi connectivity index (χ2n) is 4.29. The van der Waals surface area contributed by atoms with E-state index in [0.717, 1.165) is 11.0 Å². The summed E-state index contributed by atoms with van der Waals surface area (Å²) in [4.78, 5) is 8.23. The van der Waals surface area contributed by atoms with E-state index in [2.05, 4.69) is 15.1 Å². The van der Waals surface area contributed by atoms with Gasteiger partial charge in [-0.2, -0.15) is 0 Å². The number of H-pyrrole nitrogens is 1. The number of aromatic nitrogens is 2. The van der Waals surface area contributed by atoms with E-state index in [0.29, 0.717) is 15.6 Å². The summed E-state index contributed by atoms with van der Waals surface area (Å²) >= 11 is 1.29. The maximum absolute atomic E-state index is 13.3. The summed E-state index contributed by atoms with van der Waals surface area (Å²) < 4.78 is 13.3. The van der Waals surface area contributed by atoms with Gasteiger partial charge < -0.3 is 15.9 Å². The zero-order valence-corrected chi connectivity index (χ0v) is 11.6. The van der Waals surface area contributed by atoms with E-state index in [4.69, 9.17) is 10.9 Å². The molecule has 3 rings (SSSR count). The van der Waals surface area contributed by atoms with Gasteiger partial charge in [0.05, 0.1) is 11.0 Å². The van der Waals surface area contributed by atoms with E-state index in [9.17, 15) is 4.39 Å². The molecule has 0 saturated carbocycles. The van der Waals surface area contributed by atoms with E-state index in [1.165, 1.54) is 23.9 Å². The Balaban J connectivity index is 2.01. The van der Waals surface area contributed by atoms with Crippen LogP contribution in [0.5, 0.6) is 0 Å². The highest BCUT2D eigenvalue weighted by atomic mass is 32.2. The van der Waals surface area contributed by atoms with Crippen LogP contribution in [0.4, 0.5) is 4.39 Å². The molecule has 0 radical (unpaired) electrons. The van der Waals surface area contributed by atoms with Crippen LogP contribution in [0, 0.1) is 5.82 Å². The molecule has 21 heavy (non-hydrogen) atoms. The van der Waals surface area contributed by atoms with Crippen molar-refractivity contribution in [2.75, 3.05) is 0 Å². The van der Waals surface area contributed by atoms with E-state index < -0.39 is 5.82 Å². The van der Waals surface area contributed by atoms with Crippen molar-refractivity contribution >= 4 is 28.6 Å². The number of hydrogen-bond donors (Lipinski definition) is 3. The Bertz CT molecular complexity index is 798. The third kappa shape index (κ3) is 2.68. The lowest BCUT2D eigenvalue weighted by Crippen LogP contribution is -2.14. The Morgan fingerprint density at radius 1 is 1.29 bits per heavy atom. The fraction of sp³-hybridized carbons (Fsp3) is 0. The largest absolute Gasteiger partial charge is 0.409 e. The fourth-order valence-corrected chi connectivity index (χ4v) is 2.85. The molecule has 0 aliphatic rings. The number of nitrogens with one attached hydrogen (secondary N) is 1. The van der Waals surface area contributed by atoms with Crippen molar-refractivity contribution < 1.29 is 9.60 Å². The molecule has 4 N–H and O–H groups in total. The lowest BCUT2D eigenvalue weighted by atomic mass is 10.2. The van der Waals surface area contributed by atoms with Crippen LogP contribution < -0.4 is 5.73 Å². The smallest absolute Gasteiger partial charge is 0.171 e. The van der Waals surface area contributed by atoms with Crippen molar-refractivity contribution in [3.63, 3.8) is 0 Å². The molecule has 0 unspecified atom stereocenters. The molecule has 0 aliphatic heterocycles. The topological polar surface area (TPSA) is 87.3 Å². The molecule has 0 spiro atoms. The lowest BCUT2D eigenvalue weighted by Gasteiger charge is -2.06. The number of halogens is 1. The third-order valence-electron chi connectivity index (χ3n) is 2.90. The maximum atomic E-state index is 13.3. The highest BCUT2D eigenvalue weighted by Crippen LogP contribution is 2.30. The Hall–Kier alpha value is -2.54. The highest BCUT2D eigenvalue weighted by molar-refractivity contribution is 7.99. The van der Waals surface area contributed by atoms with E-state index in [1.54, 1.807) is 6.07 Å². The van der Waals surface area contributed by atoms with Gasteiger partial charge in [-0.3, -0.25) is 0 Å². The number of amidine groups is 1. The summed E-state index contributed by atoms with van der Waals surface area (Å²) in [5, 5.41) is 12.4. The van der Waals surface area contributed by atoms with Gasteiger partial charge in [0.1, 0.15) is 5.82 Å². The highest BCUT2D eigenvalue weighted by Gasteiger charge is 2.12. The Labute approximate surface area is 123 Å². The summed E-state index contributed by atoms with van der Waals surface area (Å²) in [6.45, 7) is 0. The number of hydrogen-bond acceptors (Lipinski definition) is 4. The second kappa shape index (κ2) is 5.45. The van der Waals surface area contributed by atoms with Gasteiger partial charge in [0.15, 0.2) is 11.0 Å². The predicted molar refractivity (Wildman–Crippen MR) is 79.1 cm³/mol. The summed E-state index contributed by atoms with van der Waals surface area (Å²) in [6, 6.07) is 11.7. The first-order valence-corrected chi connectivity index (χ1v) is 6.89. The van der Waals surface area contributed by atoms with Crippen molar-refractivity contribution in [1.82, 2.24) is 9.97 Å². The second-order valence-corrected chi connectivity index (χ2v) is 5.32. The fourth-order valence-electron chi connectivity index (χ4n) is 1.93. The van der Waals surface area contributed by atoms with Crippen LogP contribution in [0.2, 0.25) is 0 Å². The molecule has 3 aromatic rings. The standard InChI is InChI=1S/C14H11FN4OS/c15-8-5-6-12(9(7-8)13(16)19-20)21-14-17-10-3-1-2-4-11(10)18-14/h1-7,20H,(H2,16,19)(H,17,18). The molecular formula is C14H11FN4OS. The van der Waals surface area contributed by atoms with Gasteiger partial charge in [0, 0.05) is 10.5 Å². The molecule has 7 heteroatoms. The van der Waals surface area contributed by atoms with Gasteiger partial charge in [-0.1, -0.05) is 29.1 Å². The normalized spacial score (nSPS) is 12.0. The first-order valence-electron chi connectivity index (χ1n) is 6.07. The average molecular weight is 302 g/mol. The Morgan fingerprint density at radius 3 is 2.86 bits per heavy atom. The van der Waals surface area contributed by atoms with Gasteiger partial charge in [-0.05, 0) is 30.3 Å². The Kier molecular flexibility index (Phi) is 3.49. The molecular weight excluding hydrogens is 291 g/mol. The molecule has 0 atom stereocenters. The van der Waals surface area contributed by atoms with E-state index in [-0.39, 0.29) is 5.84 Å². The molecule has 5 nitrogen and oxygen atoms in total. The van der Waals surface area contributed by atoms with Gasteiger partial charge >= 0.3 is 0 Å². The zero-order valence-electron chi connectivity index (χ0n) is 10.7. The number of imidazole rings is 1. The van der Waals surface area contributed by atoms with Crippen LogP contribution >= 0.6 is 11.8 Å². The molecule has 0 bridgehead atoms. The minimum absolute atomic E-state index is 0.145. The molecule has 0 saturated heterocycles. The number of para-hydroxylation sites is 2. The summed E-state index contributed by atoms with van der Waals surface area (Å²) in [5.41, 5.74) is 7.65. The minimum atomic E-state index is -0.453. The molecule has 0 fully saturated rings. The number of aromatic amines is 1. The van der Waals surface area contributed by atoms with Crippen LogP contribution in [0.15, 0.2) is 57.7 Å². The maximum Gasteiger partial charge on any atom is 0.171 e. The molecule has 0 aliphatic carbocycles. The lowest BCUT2D eigenvalue weighted by molar-refractivity contribution is 0.318. The average Bonchev–Trinajstić information content (AvgIpc) is 2.90. The van der Waals surface area contributed by atoms with Crippen molar-refractivity contribution in [2.45, 2.75) is 10.1 Å². The van der Waals surface area contributed by atoms with Crippen molar-refractivity contribution in [3.8, 4) is 0 Å². The first kappa shape index (κ1) is 13.4. The molecule has 2 aromatic carbocycles. The number of oxime groups is 1. The van der Waals surface area contributed by atoms with Gasteiger partial charge in [-0.25, -0.2) is 9.37 Å². The van der Waals surface area contributed by atoms with Crippen molar-refractivity contribution in [1.29, 1.82) is 0 Å². The van der Waals surface area contributed by atoms with Crippen LogP contribution in [-0.2, 0) is 0 Å². The monoisotopic (exact) mass is 302 g/mol. The Morgan fingerprint density at radius 2 is 2.10 bits per heavy atom. The van der Waals surface area contributed by atoms with E-state index >= 15 is 0 Å². The van der Waals surface area contributed by atoms with Crippen LogP contribution in [0.25, 0.3) is 11.0 Å². The SMILES string of the molecule is NC(=NO)c1cc(F)ccc1Sc1nc2ccccc2[nH]1. The van der Waals surface area contributed by atoms with Crippen LogP contribution in [0.1, 0.15) is 5.56 Å². The number of nitrogens with two attached hydrogens (primary N) is 1. The predicted octanol–water partition coefficient (Wildman–Crippen LogP) is 2.95. The van der Waals surface area contributed by atoms with Gasteiger partial charge in [-0.15, -0.1) is 0 Å². The summed E-state index contributed by atoms with van der Waals surface area (Å²) in [6.07, 6.45) is 0. The first-order chi connectivity index (χ1) is 10.2. The number of benzene rings is 2. The zero-order chi connectivity index (χ0) is 14.8. The third-order valence-corrected chi connectivity index (χ3v) is 3.86. The van der Waals surface area contributed by atoms with Gasteiger partial charge in [0.2, 0.25) is 0 Å². The minimum Gasteiger partial charge on any atom is -0.409 e. The van der Waals surface area contributed by atoms with Crippen LogP contribution in [0.3, 0.4) is 0 Å². The summed E-state index contributed by atoms with van der Waals surface area (Å²) in [7, 11) is 0.